The minimum atomic E-state index is 0.539. The summed E-state index contributed by atoms with van der Waals surface area (Å²) in [5, 5.41) is 3.49. The third-order valence-electron chi connectivity index (χ3n) is 5.57. The molecule has 0 aliphatic carbocycles. The fourth-order valence-corrected chi connectivity index (χ4v) is 4.00. The second-order valence-electron chi connectivity index (χ2n) is 7.86. The van der Waals surface area contributed by atoms with Crippen LogP contribution in [0.3, 0.4) is 0 Å². The summed E-state index contributed by atoms with van der Waals surface area (Å²) >= 11 is 0. The van der Waals surface area contributed by atoms with Gasteiger partial charge in [-0.1, -0.05) is 19.1 Å². The van der Waals surface area contributed by atoms with Crippen LogP contribution in [0.15, 0.2) is 29.3 Å². The van der Waals surface area contributed by atoms with Crippen LogP contribution in [0, 0.1) is 5.92 Å². The quantitative estimate of drug-likeness (QED) is 0.553. The SMILES string of the molecule is CCNC(=NCC(C)CN1CCOCC1)N1CCN(c2ccccc2OC)CC1. The molecule has 0 aromatic heterocycles. The zero-order valence-electron chi connectivity index (χ0n) is 18.3. The van der Waals surface area contributed by atoms with E-state index in [4.69, 9.17) is 14.5 Å². The van der Waals surface area contributed by atoms with Gasteiger partial charge in [0.15, 0.2) is 5.96 Å². The Bertz CT molecular complexity index is 640. The maximum atomic E-state index is 5.54. The Kier molecular flexibility index (Phi) is 8.43. The summed E-state index contributed by atoms with van der Waals surface area (Å²) in [6.45, 7) is 14.9. The number of nitrogens with one attached hydrogen (secondary N) is 1. The van der Waals surface area contributed by atoms with Gasteiger partial charge in [0.25, 0.3) is 0 Å². The topological polar surface area (TPSA) is 52.6 Å². The van der Waals surface area contributed by atoms with E-state index in [1.54, 1.807) is 7.11 Å². The van der Waals surface area contributed by atoms with Gasteiger partial charge in [0.05, 0.1) is 26.0 Å². The predicted molar refractivity (Wildman–Crippen MR) is 119 cm³/mol. The fraction of sp³-hybridized carbons (Fsp3) is 0.682. The summed E-state index contributed by atoms with van der Waals surface area (Å²) in [5.74, 6) is 2.52. The van der Waals surface area contributed by atoms with E-state index >= 15 is 0 Å². The van der Waals surface area contributed by atoms with Gasteiger partial charge in [0.2, 0.25) is 0 Å². The zero-order chi connectivity index (χ0) is 20.5. The lowest BCUT2D eigenvalue weighted by atomic mass is 10.1. The van der Waals surface area contributed by atoms with Crippen LogP contribution in [0.25, 0.3) is 0 Å². The second kappa shape index (κ2) is 11.3. The van der Waals surface area contributed by atoms with E-state index in [-0.39, 0.29) is 0 Å². The second-order valence-corrected chi connectivity index (χ2v) is 7.86. The minimum absolute atomic E-state index is 0.539. The van der Waals surface area contributed by atoms with Crippen molar-refractivity contribution in [3.63, 3.8) is 0 Å². The van der Waals surface area contributed by atoms with E-state index in [1.165, 1.54) is 5.69 Å². The molecule has 7 nitrogen and oxygen atoms in total. The first-order valence-electron chi connectivity index (χ1n) is 10.9. The highest BCUT2D eigenvalue weighted by molar-refractivity contribution is 5.80. The molecule has 0 saturated carbocycles. The van der Waals surface area contributed by atoms with Crippen molar-refractivity contribution in [2.75, 3.05) is 84.1 Å². The number of benzene rings is 1. The average Bonchev–Trinajstić information content (AvgIpc) is 2.77. The van der Waals surface area contributed by atoms with E-state index in [9.17, 15) is 0 Å². The number of para-hydroxylation sites is 2. The third kappa shape index (κ3) is 6.24. The predicted octanol–water partition coefficient (Wildman–Crippen LogP) is 1.75. The van der Waals surface area contributed by atoms with Crippen molar-refractivity contribution in [1.82, 2.24) is 15.1 Å². The Morgan fingerprint density at radius 1 is 1.14 bits per heavy atom. The molecule has 7 heteroatoms. The summed E-state index contributed by atoms with van der Waals surface area (Å²) in [4.78, 5) is 12.2. The van der Waals surface area contributed by atoms with Gasteiger partial charge in [-0.3, -0.25) is 9.89 Å². The van der Waals surface area contributed by atoms with Crippen molar-refractivity contribution in [3.05, 3.63) is 24.3 Å². The van der Waals surface area contributed by atoms with Gasteiger partial charge in [0.1, 0.15) is 5.75 Å². The largest absolute Gasteiger partial charge is 0.495 e. The molecule has 2 saturated heterocycles. The standard InChI is InChI=1S/C22H37N5O2/c1-4-23-22(24-17-19(2)18-25-13-15-29-16-14-25)27-11-9-26(10-12-27)20-7-5-6-8-21(20)28-3/h5-8,19H,4,9-18H2,1-3H3,(H,23,24). The molecular formula is C22H37N5O2. The number of ether oxygens (including phenoxy) is 2. The molecule has 0 spiro atoms. The summed E-state index contributed by atoms with van der Waals surface area (Å²) in [6.07, 6.45) is 0. The summed E-state index contributed by atoms with van der Waals surface area (Å²) < 4.78 is 11.0. The number of guanidine groups is 1. The van der Waals surface area contributed by atoms with E-state index < -0.39 is 0 Å². The van der Waals surface area contributed by atoms with E-state index in [2.05, 4.69) is 46.0 Å². The number of hydrogen-bond acceptors (Lipinski definition) is 5. The minimum Gasteiger partial charge on any atom is -0.495 e. The van der Waals surface area contributed by atoms with E-state index in [1.807, 2.05) is 12.1 Å². The molecule has 2 aliphatic rings. The molecule has 1 N–H and O–H groups in total. The Hall–Kier alpha value is -1.99. The van der Waals surface area contributed by atoms with Crippen LogP contribution in [0.4, 0.5) is 5.69 Å². The van der Waals surface area contributed by atoms with Crippen LogP contribution in [0.1, 0.15) is 13.8 Å². The lowest BCUT2D eigenvalue weighted by Crippen LogP contribution is -2.52. The van der Waals surface area contributed by atoms with Crippen LogP contribution in [0.2, 0.25) is 0 Å². The van der Waals surface area contributed by atoms with Crippen molar-refractivity contribution in [3.8, 4) is 5.75 Å². The smallest absolute Gasteiger partial charge is 0.194 e. The molecule has 3 rings (SSSR count). The molecular weight excluding hydrogens is 366 g/mol. The van der Waals surface area contributed by atoms with Crippen molar-refractivity contribution < 1.29 is 9.47 Å². The van der Waals surface area contributed by atoms with Gasteiger partial charge >= 0.3 is 0 Å². The van der Waals surface area contributed by atoms with Crippen LogP contribution >= 0.6 is 0 Å². The molecule has 1 aromatic carbocycles. The summed E-state index contributed by atoms with van der Waals surface area (Å²) in [5.41, 5.74) is 1.18. The number of morpholine rings is 1. The molecule has 29 heavy (non-hydrogen) atoms. The van der Waals surface area contributed by atoms with Crippen molar-refractivity contribution >= 4 is 11.6 Å². The van der Waals surface area contributed by atoms with Gasteiger partial charge in [-0.05, 0) is 25.0 Å². The third-order valence-corrected chi connectivity index (χ3v) is 5.57. The first-order chi connectivity index (χ1) is 14.2. The van der Waals surface area contributed by atoms with Crippen LogP contribution in [-0.4, -0.2) is 95.0 Å². The van der Waals surface area contributed by atoms with Gasteiger partial charge < -0.3 is 24.6 Å². The van der Waals surface area contributed by atoms with Gasteiger partial charge in [0, 0.05) is 58.9 Å². The highest BCUT2D eigenvalue weighted by atomic mass is 16.5. The van der Waals surface area contributed by atoms with E-state index in [0.717, 1.165) is 83.8 Å². The molecule has 2 heterocycles. The molecule has 0 bridgehead atoms. The first kappa shape index (κ1) is 21.7. The van der Waals surface area contributed by atoms with Crippen LogP contribution < -0.4 is 15.0 Å². The molecule has 2 fully saturated rings. The number of nitrogens with zero attached hydrogens (tertiary/aromatic N) is 4. The monoisotopic (exact) mass is 403 g/mol. The molecule has 0 amide bonds. The first-order valence-corrected chi connectivity index (χ1v) is 10.9. The number of rotatable bonds is 7. The number of hydrogen-bond donors (Lipinski definition) is 1. The normalized spacial score (nSPS) is 19.9. The highest BCUT2D eigenvalue weighted by Gasteiger charge is 2.22. The summed E-state index contributed by atoms with van der Waals surface area (Å²) in [7, 11) is 1.74. The van der Waals surface area contributed by atoms with Gasteiger partial charge in [-0.15, -0.1) is 0 Å². The maximum Gasteiger partial charge on any atom is 0.194 e. The van der Waals surface area contributed by atoms with E-state index in [0.29, 0.717) is 5.92 Å². The van der Waals surface area contributed by atoms with Gasteiger partial charge in [-0.2, -0.15) is 0 Å². The Morgan fingerprint density at radius 2 is 1.86 bits per heavy atom. The number of piperazine rings is 1. The zero-order valence-corrected chi connectivity index (χ0v) is 18.3. The number of aliphatic imine (C=N–C) groups is 1. The number of methoxy groups -OCH3 is 1. The van der Waals surface area contributed by atoms with Crippen LogP contribution in [0.5, 0.6) is 5.75 Å². The molecule has 162 valence electrons. The Morgan fingerprint density at radius 3 is 2.55 bits per heavy atom. The fourth-order valence-electron chi connectivity index (χ4n) is 4.00. The molecule has 1 aromatic rings. The van der Waals surface area contributed by atoms with Crippen molar-refractivity contribution in [2.24, 2.45) is 10.9 Å². The number of anilines is 1. The maximum absolute atomic E-state index is 5.54. The van der Waals surface area contributed by atoms with Gasteiger partial charge in [-0.25, -0.2) is 0 Å². The molecule has 1 atom stereocenters. The lowest BCUT2D eigenvalue weighted by Gasteiger charge is -2.38. The molecule has 2 aliphatic heterocycles. The Balaban J connectivity index is 1.53. The highest BCUT2D eigenvalue weighted by Crippen LogP contribution is 2.28. The molecule has 1 unspecified atom stereocenters. The molecule has 0 radical (unpaired) electrons. The summed E-state index contributed by atoms with van der Waals surface area (Å²) in [6, 6.07) is 8.27. The van der Waals surface area contributed by atoms with Crippen LogP contribution in [-0.2, 0) is 4.74 Å². The lowest BCUT2D eigenvalue weighted by molar-refractivity contribution is 0.0323. The van der Waals surface area contributed by atoms with Crippen molar-refractivity contribution in [1.29, 1.82) is 0 Å². The average molecular weight is 404 g/mol. The van der Waals surface area contributed by atoms with Crippen molar-refractivity contribution in [2.45, 2.75) is 13.8 Å². The Labute approximate surface area is 175 Å².